The zero-order valence-electron chi connectivity index (χ0n) is 17.7. The van der Waals surface area contributed by atoms with Crippen molar-refractivity contribution in [1.29, 1.82) is 0 Å². The zero-order chi connectivity index (χ0) is 23.4. The third-order valence-electron chi connectivity index (χ3n) is 4.31. The van der Waals surface area contributed by atoms with E-state index < -0.39 is 17.1 Å². The Kier molecular flexibility index (Phi) is 8.62. The van der Waals surface area contributed by atoms with Gasteiger partial charge in [0.25, 0.3) is 11.1 Å². The van der Waals surface area contributed by atoms with Crippen LogP contribution in [0.1, 0.15) is 30.5 Å². The van der Waals surface area contributed by atoms with Gasteiger partial charge in [0, 0.05) is 0 Å². The number of nitrogens with zero attached hydrogens (tertiary/aromatic N) is 1. The third kappa shape index (κ3) is 6.47. The highest BCUT2D eigenvalue weighted by molar-refractivity contribution is 14.1. The lowest BCUT2D eigenvalue weighted by Crippen LogP contribution is -2.35. The van der Waals surface area contributed by atoms with Crippen LogP contribution in [0.4, 0.5) is 4.79 Å². The molecule has 2 aromatic rings. The maximum atomic E-state index is 12.6. The molecule has 0 radical (unpaired) electrons. The molecule has 0 aliphatic carbocycles. The van der Waals surface area contributed by atoms with Crippen LogP contribution >= 0.6 is 56.9 Å². The van der Waals surface area contributed by atoms with E-state index in [0.717, 1.165) is 40.7 Å². The molecule has 1 aliphatic heterocycles. The summed E-state index contributed by atoms with van der Waals surface area (Å²) in [4.78, 5) is 37.9. The summed E-state index contributed by atoms with van der Waals surface area (Å²) in [5.74, 6) is -0.331. The summed E-state index contributed by atoms with van der Waals surface area (Å²) < 4.78 is 12.9. The molecule has 0 saturated carbocycles. The average molecular weight is 677 g/mol. The first kappa shape index (κ1) is 25.0. The Balaban J connectivity index is 1.73. The van der Waals surface area contributed by atoms with Gasteiger partial charge in [0.1, 0.15) is 18.9 Å². The van der Waals surface area contributed by atoms with Crippen LogP contribution in [0.5, 0.6) is 5.75 Å². The van der Waals surface area contributed by atoms with Gasteiger partial charge in [-0.2, -0.15) is 0 Å². The molecular weight excluding hydrogens is 656 g/mol. The number of halogens is 2. The van der Waals surface area contributed by atoms with E-state index in [4.69, 9.17) is 9.47 Å². The van der Waals surface area contributed by atoms with Crippen LogP contribution < -0.4 is 4.74 Å². The van der Waals surface area contributed by atoms with Gasteiger partial charge < -0.3 is 9.47 Å². The molecule has 0 aromatic heterocycles. The number of thioether (sulfide) groups is 1. The van der Waals surface area contributed by atoms with Crippen LogP contribution in [0.25, 0.3) is 6.08 Å². The molecule has 1 saturated heterocycles. The number of aryl methyl sites for hydroxylation is 1. The Morgan fingerprint density at radius 2 is 1.84 bits per heavy atom. The summed E-state index contributed by atoms with van der Waals surface area (Å²) in [6.45, 7) is 5.53. The molecule has 0 unspecified atom stereocenters. The SMILES string of the molecule is Cc1cccc(COc2c(I)cc(/C=C3\SC(=O)N(CC(=O)OC(C)C)C3=O)cc2I)c1. The predicted octanol–water partition coefficient (Wildman–Crippen LogP) is 5.77. The largest absolute Gasteiger partial charge is 0.487 e. The van der Waals surface area contributed by atoms with Crippen LogP contribution in [0.3, 0.4) is 0 Å². The molecule has 0 N–H and O–H groups in total. The zero-order valence-corrected chi connectivity index (χ0v) is 22.8. The highest BCUT2D eigenvalue weighted by Crippen LogP contribution is 2.35. The molecule has 0 bridgehead atoms. The van der Waals surface area contributed by atoms with Gasteiger partial charge in [0.2, 0.25) is 0 Å². The number of esters is 1. The fourth-order valence-corrected chi connectivity index (χ4v) is 5.94. The van der Waals surface area contributed by atoms with Gasteiger partial charge in [-0.15, -0.1) is 0 Å². The van der Waals surface area contributed by atoms with Crippen molar-refractivity contribution in [2.45, 2.75) is 33.5 Å². The monoisotopic (exact) mass is 677 g/mol. The molecule has 2 amide bonds. The Morgan fingerprint density at radius 3 is 2.47 bits per heavy atom. The Morgan fingerprint density at radius 1 is 1.16 bits per heavy atom. The number of hydrogen-bond donors (Lipinski definition) is 0. The molecule has 1 heterocycles. The van der Waals surface area contributed by atoms with E-state index in [0.29, 0.717) is 6.61 Å². The smallest absolute Gasteiger partial charge is 0.326 e. The standard InChI is InChI=1S/C23H21I2NO5S/c1-13(2)31-20(27)11-26-22(28)19(32-23(26)29)10-16-8-17(24)21(18(25)9-16)30-12-15-6-4-5-14(3)7-15/h4-10,13H,11-12H2,1-3H3/b19-10-. The summed E-state index contributed by atoms with van der Waals surface area (Å²) >= 11 is 5.21. The van der Waals surface area contributed by atoms with Crippen LogP contribution in [-0.4, -0.2) is 34.7 Å². The third-order valence-corrected chi connectivity index (χ3v) is 6.82. The summed E-state index contributed by atoms with van der Waals surface area (Å²) in [6.07, 6.45) is 1.35. The minimum atomic E-state index is -0.609. The van der Waals surface area contributed by atoms with Crippen LogP contribution in [0.2, 0.25) is 0 Å². The first-order chi connectivity index (χ1) is 15.1. The number of rotatable bonds is 7. The second kappa shape index (κ2) is 11.0. The number of ether oxygens (including phenoxy) is 2. The van der Waals surface area contributed by atoms with Gasteiger partial charge in [0.05, 0.1) is 18.1 Å². The van der Waals surface area contributed by atoms with Crippen molar-refractivity contribution in [1.82, 2.24) is 4.90 Å². The van der Waals surface area contributed by atoms with Crippen LogP contribution in [0.15, 0.2) is 41.3 Å². The van der Waals surface area contributed by atoms with Gasteiger partial charge in [-0.1, -0.05) is 29.8 Å². The van der Waals surface area contributed by atoms with E-state index in [-0.39, 0.29) is 17.6 Å². The molecule has 1 fully saturated rings. The van der Waals surface area contributed by atoms with Gasteiger partial charge in [0.15, 0.2) is 0 Å². The maximum absolute atomic E-state index is 12.6. The maximum Gasteiger partial charge on any atom is 0.326 e. The van der Waals surface area contributed by atoms with E-state index in [1.807, 2.05) is 37.3 Å². The Labute approximate surface area is 218 Å². The van der Waals surface area contributed by atoms with E-state index in [9.17, 15) is 14.4 Å². The molecule has 2 aromatic carbocycles. The fourth-order valence-electron chi connectivity index (χ4n) is 2.98. The van der Waals surface area contributed by atoms with Crippen molar-refractivity contribution >= 4 is 80.1 Å². The number of carbonyl (C=O) groups is 3. The van der Waals surface area contributed by atoms with Crippen molar-refractivity contribution in [3.63, 3.8) is 0 Å². The lowest BCUT2D eigenvalue weighted by Gasteiger charge is -2.13. The molecule has 32 heavy (non-hydrogen) atoms. The van der Waals surface area contributed by atoms with Crippen LogP contribution in [0, 0.1) is 14.1 Å². The summed E-state index contributed by atoms with van der Waals surface area (Å²) in [5.41, 5.74) is 3.04. The van der Waals surface area contributed by atoms with Gasteiger partial charge in [-0.25, -0.2) is 0 Å². The number of benzene rings is 2. The highest BCUT2D eigenvalue weighted by atomic mass is 127. The van der Waals surface area contributed by atoms with E-state index in [1.54, 1.807) is 19.9 Å². The van der Waals surface area contributed by atoms with Crippen molar-refractivity contribution < 1.29 is 23.9 Å². The summed E-state index contributed by atoms with van der Waals surface area (Å²) in [5, 5.41) is -0.482. The lowest BCUT2D eigenvalue weighted by molar-refractivity contribution is -0.149. The Hall–Kier alpha value is -1.60. The molecule has 6 nitrogen and oxygen atoms in total. The molecule has 1 aliphatic rings. The normalized spacial score (nSPS) is 15.1. The second-order valence-electron chi connectivity index (χ2n) is 7.40. The van der Waals surface area contributed by atoms with E-state index in [1.165, 1.54) is 5.56 Å². The highest BCUT2D eigenvalue weighted by Gasteiger charge is 2.36. The minimum Gasteiger partial charge on any atom is -0.487 e. The molecule has 3 rings (SSSR count). The van der Waals surface area contributed by atoms with E-state index in [2.05, 4.69) is 51.2 Å². The summed E-state index contributed by atoms with van der Waals surface area (Å²) in [7, 11) is 0. The van der Waals surface area contributed by atoms with Gasteiger partial charge >= 0.3 is 5.97 Å². The summed E-state index contributed by atoms with van der Waals surface area (Å²) in [6, 6.07) is 11.9. The number of hydrogen-bond acceptors (Lipinski definition) is 6. The minimum absolute atomic E-state index is 0.271. The van der Waals surface area contributed by atoms with Crippen molar-refractivity contribution in [2.75, 3.05) is 6.54 Å². The quantitative estimate of drug-likeness (QED) is 0.211. The predicted molar refractivity (Wildman–Crippen MR) is 141 cm³/mol. The number of carbonyl (C=O) groups excluding carboxylic acids is 3. The number of imide groups is 1. The average Bonchev–Trinajstić information content (AvgIpc) is 2.94. The first-order valence-electron chi connectivity index (χ1n) is 9.76. The topological polar surface area (TPSA) is 72.9 Å². The lowest BCUT2D eigenvalue weighted by atomic mass is 10.1. The first-order valence-corrected chi connectivity index (χ1v) is 12.7. The van der Waals surface area contributed by atoms with Crippen molar-refractivity contribution in [3.8, 4) is 5.75 Å². The van der Waals surface area contributed by atoms with Gasteiger partial charge in [-0.05, 0) is 107 Å². The van der Waals surface area contributed by atoms with Crippen LogP contribution in [-0.2, 0) is 20.9 Å². The molecule has 168 valence electrons. The second-order valence-corrected chi connectivity index (χ2v) is 10.7. The van der Waals surface area contributed by atoms with E-state index >= 15 is 0 Å². The molecule has 9 heteroatoms. The molecular formula is C23H21I2NO5S. The molecule has 0 spiro atoms. The van der Waals surface area contributed by atoms with Gasteiger partial charge in [-0.3, -0.25) is 19.3 Å². The molecule has 0 atom stereocenters. The van der Waals surface area contributed by atoms with Crippen molar-refractivity contribution in [3.05, 3.63) is 65.1 Å². The Bertz CT molecular complexity index is 1080. The number of amides is 2. The van der Waals surface area contributed by atoms with Crippen molar-refractivity contribution in [2.24, 2.45) is 0 Å². The fraction of sp³-hybridized carbons (Fsp3) is 0.261.